The summed E-state index contributed by atoms with van der Waals surface area (Å²) in [5.41, 5.74) is 11.4. The lowest BCUT2D eigenvalue weighted by Crippen LogP contribution is -2.18. The molecular weight excluding hydrogens is 274 g/mol. The van der Waals surface area contributed by atoms with Gasteiger partial charge in [0.1, 0.15) is 0 Å². The second kappa shape index (κ2) is 5.58. The minimum Gasteiger partial charge on any atom is -0.324 e. The number of nitrogens with two attached hydrogens (primary N) is 1. The van der Waals surface area contributed by atoms with E-state index in [1.807, 2.05) is 37.2 Å². The number of hydrogen-bond acceptors (Lipinski definition) is 3. The summed E-state index contributed by atoms with van der Waals surface area (Å²) in [5, 5.41) is 9.58. The first-order valence-electron chi connectivity index (χ1n) is 6.84. The molecule has 0 bridgehead atoms. The molecule has 2 aromatic heterocycles. The highest BCUT2D eigenvalue weighted by atomic mass is 35.5. The predicted molar refractivity (Wildman–Crippen MR) is 81.0 cm³/mol. The maximum absolute atomic E-state index is 6.39. The van der Waals surface area contributed by atoms with Gasteiger partial charge in [-0.2, -0.15) is 10.2 Å². The van der Waals surface area contributed by atoms with Gasteiger partial charge >= 0.3 is 0 Å². The first kappa shape index (κ1) is 15.1. The Labute approximate surface area is 124 Å². The highest BCUT2D eigenvalue weighted by Crippen LogP contribution is 2.27. The normalized spacial score (nSPS) is 12.9. The van der Waals surface area contributed by atoms with Gasteiger partial charge in [-0.15, -0.1) is 0 Å². The Morgan fingerprint density at radius 2 is 1.85 bits per heavy atom. The summed E-state index contributed by atoms with van der Waals surface area (Å²) in [5.74, 6) is 0. The fourth-order valence-corrected chi connectivity index (χ4v) is 2.91. The van der Waals surface area contributed by atoms with Crippen molar-refractivity contribution in [2.45, 2.75) is 46.7 Å². The molecule has 20 heavy (non-hydrogen) atoms. The Balaban J connectivity index is 2.35. The minimum absolute atomic E-state index is 0.123. The van der Waals surface area contributed by atoms with Crippen LogP contribution in [0.4, 0.5) is 0 Å². The molecule has 2 aromatic rings. The molecule has 0 spiro atoms. The van der Waals surface area contributed by atoms with Crippen LogP contribution in [0, 0.1) is 20.8 Å². The average molecular weight is 296 g/mol. The molecule has 6 heteroatoms. The van der Waals surface area contributed by atoms with Gasteiger partial charge in [-0.25, -0.2) is 0 Å². The minimum atomic E-state index is -0.123. The smallest absolute Gasteiger partial charge is 0.0847 e. The van der Waals surface area contributed by atoms with E-state index in [1.165, 1.54) is 0 Å². The molecule has 110 valence electrons. The molecule has 0 amide bonds. The van der Waals surface area contributed by atoms with Crippen molar-refractivity contribution in [3.63, 3.8) is 0 Å². The van der Waals surface area contributed by atoms with E-state index in [2.05, 4.69) is 17.1 Å². The summed E-state index contributed by atoms with van der Waals surface area (Å²) in [7, 11) is 1.94. The summed E-state index contributed by atoms with van der Waals surface area (Å²) in [4.78, 5) is 0. The number of aryl methyl sites for hydroxylation is 4. The molecule has 0 fully saturated rings. The van der Waals surface area contributed by atoms with Gasteiger partial charge in [-0.3, -0.25) is 9.36 Å². The van der Waals surface area contributed by atoms with Crippen LogP contribution in [0.1, 0.15) is 41.3 Å². The van der Waals surface area contributed by atoms with Crippen molar-refractivity contribution < 1.29 is 0 Å². The van der Waals surface area contributed by atoms with E-state index >= 15 is 0 Å². The van der Waals surface area contributed by atoms with Crippen LogP contribution < -0.4 is 5.73 Å². The van der Waals surface area contributed by atoms with E-state index in [9.17, 15) is 0 Å². The maximum atomic E-state index is 6.39. The van der Waals surface area contributed by atoms with Gasteiger partial charge in [-0.05, 0) is 27.7 Å². The van der Waals surface area contributed by atoms with Crippen LogP contribution in [0.3, 0.4) is 0 Å². The molecule has 0 aliphatic rings. The molecule has 5 nitrogen and oxygen atoms in total. The Hall–Kier alpha value is -1.33. The van der Waals surface area contributed by atoms with Crippen molar-refractivity contribution in [3.8, 4) is 0 Å². The second-order valence-corrected chi connectivity index (χ2v) is 5.56. The quantitative estimate of drug-likeness (QED) is 0.942. The monoisotopic (exact) mass is 295 g/mol. The largest absolute Gasteiger partial charge is 0.324 e. The molecular formula is C14H22ClN5. The molecule has 0 aromatic carbocycles. The number of nitrogens with zero attached hydrogens (tertiary/aromatic N) is 4. The fourth-order valence-electron chi connectivity index (χ4n) is 2.70. The van der Waals surface area contributed by atoms with Crippen molar-refractivity contribution in [1.29, 1.82) is 0 Å². The molecule has 0 saturated carbocycles. The molecule has 1 atom stereocenters. The molecule has 2 rings (SSSR count). The van der Waals surface area contributed by atoms with E-state index in [1.54, 1.807) is 0 Å². The van der Waals surface area contributed by atoms with Crippen LogP contribution in [0.5, 0.6) is 0 Å². The third kappa shape index (κ3) is 2.47. The van der Waals surface area contributed by atoms with Crippen molar-refractivity contribution in [3.05, 3.63) is 33.4 Å². The Kier molecular flexibility index (Phi) is 4.20. The second-order valence-electron chi connectivity index (χ2n) is 5.18. The number of aromatic nitrogens is 4. The topological polar surface area (TPSA) is 61.7 Å². The summed E-state index contributed by atoms with van der Waals surface area (Å²) >= 11 is 6.35. The average Bonchev–Trinajstić information content (AvgIpc) is 2.80. The summed E-state index contributed by atoms with van der Waals surface area (Å²) in [6.45, 7) is 8.80. The van der Waals surface area contributed by atoms with Gasteiger partial charge in [0.05, 0.1) is 22.1 Å². The molecule has 2 N–H and O–H groups in total. The highest BCUT2D eigenvalue weighted by Gasteiger charge is 2.21. The summed E-state index contributed by atoms with van der Waals surface area (Å²) < 4.78 is 3.80. The number of halogens is 1. The zero-order valence-corrected chi connectivity index (χ0v) is 13.5. The van der Waals surface area contributed by atoms with Crippen LogP contribution in [0.25, 0.3) is 0 Å². The van der Waals surface area contributed by atoms with E-state index < -0.39 is 0 Å². The Bertz CT molecular complexity index is 626. The molecule has 0 aliphatic heterocycles. The standard InChI is InChI=1S/C14H22ClN5/c1-6-20-12(14(15)9(3)18-20)7-11(16)13-8(2)17-19(5)10(13)4/h11H,6-7,16H2,1-5H3. The van der Waals surface area contributed by atoms with Gasteiger partial charge in [0.15, 0.2) is 0 Å². The van der Waals surface area contributed by atoms with Gasteiger partial charge in [0, 0.05) is 37.3 Å². The zero-order valence-electron chi connectivity index (χ0n) is 12.7. The third-order valence-corrected chi connectivity index (χ3v) is 4.29. The maximum Gasteiger partial charge on any atom is 0.0847 e. The van der Waals surface area contributed by atoms with E-state index in [4.69, 9.17) is 17.3 Å². The molecule has 0 saturated heterocycles. The number of hydrogen-bond donors (Lipinski definition) is 1. The van der Waals surface area contributed by atoms with Crippen LogP contribution in [-0.2, 0) is 20.0 Å². The van der Waals surface area contributed by atoms with E-state index in [0.717, 1.165) is 39.9 Å². The molecule has 1 unspecified atom stereocenters. The van der Waals surface area contributed by atoms with Crippen molar-refractivity contribution in [1.82, 2.24) is 19.6 Å². The number of rotatable bonds is 4. The Morgan fingerprint density at radius 3 is 2.35 bits per heavy atom. The summed E-state index contributed by atoms with van der Waals surface area (Å²) in [6, 6.07) is -0.123. The molecule has 0 radical (unpaired) electrons. The third-order valence-electron chi connectivity index (χ3n) is 3.80. The van der Waals surface area contributed by atoms with Crippen molar-refractivity contribution in [2.75, 3.05) is 0 Å². The first-order chi connectivity index (χ1) is 9.36. The lowest BCUT2D eigenvalue weighted by molar-refractivity contribution is 0.585. The molecule has 0 aliphatic carbocycles. The van der Waals surface area contributed by atoms with E-state index in [0.29, 0.717) is 6.42 Å². The SMILES string of the molecule is CCn1nc(C)c(Cl)c1CC(N)c1c(C)nn(C)c1C. The summed E-state index contributed by atoms with van der Waals surface area (Å²) in [6.07, 6.45) is 0.668. The van der Waals surface area contributed by atoms with Crippen LogP contribution >= 0.6 is 11.6 Å². The van der Waals surface area contributed by atoms with E-state index in [-0.39, 0.29) is 6.04 Å². The Morgan fingerprint density at radius 1 is 1.20 bits per heavy atom. The lowest BCUT2D eigenvalue weighted by Gasteiger charge is -2.14. The van der Waals surface area contributed by atoms with Gasteiger partial charge in [-0.1, -0.05) is 11.6 Å². The van der Waals surface area contributed by atoms with Gasteiger partial charge in [0.25, 0.3) is 0 Å². The van der Waals surface area contributed by atoms with Crippen LogP contribution in [0.2, 0.25) is 5.02 Å². The zero-order chi connectivity index (χ0) is 15.0. The first-order valence-corrected chi connectivity index (χ1v) is 7.22. The van der Waals surface area contributed by atoms with Crippen molar-refractivity contribution >= 4 is 11.6 Å². The lowest BCUT2D eigenvalue weighted by atomic mass is 10.0. The van der Waals surface area contributed by atoms with Crippen LogP contribution in [0.15, 0.2) is 0 Å². The molecule has 2 heterocycles. The van der Waals surface area contributed by atoms with Crippen molar-refractivity contribution in [2.24, 2.45) is 12.8 Å². The highest BCUT2D eigenvalue weighted by molar-refractivity contribution is 6.31. The van der Waals surface area contributed by atoms with Crippen LogP contribution in [-0.4, -0.2) is 19.6 Å². The predicted octanol–water partition coefficient (Wildman–Crippen LogP) is 2.46. The van der Waals surface area contributed by atoms with Gasteiger partial charge < -0.3 is 5.73 Å². The van der Waals surface area contributed by atoms with Gasteiger partial charge in [0.2, 0.25) is 0 Å². The fraction of sp³-hybridized carbons (Fsp3) is 0.571.